The molecular formula is C18H31NO2. The van der Waals surface area contributed by atoms with Gasteiger partial charge in [-0.15, -0.1) is 0 Å². The van der Waals surface area contributed by atoms with E-state index in [0.29, 0.717) is 11.8 Å². The summed E-state index contributed by atoms with van der Waals surface area (Å²) in [6, 6.07) is 7.82. The van der Waals surface area contributed by atoms with Crippen LogP contribution >= 0.6 is 0 Å². The van der Waals surface area contributed by atoms with Crippen LogP contribution in [0.2, 0.25) is 0 Å². The molecule has 0 fully saturated rings. The molecule has 0 heterocycles. The third kappa shape index (κ3) is 7.37. The van der Waals surface area contributed by atoms with Gasteiger partial charge >= 0.3 is 0 Å². The topological polar surface area (TPSA) is 21.7 Å². The second-order valence-corrected chi connectivity index (χ2v) is 6.40. The first kappa shape index (κ1) is 17.8. The van der Waals surface area contributed by atoms with Crippen molar-refractivity contribution in [2.45, 2.75) is 34.1 Å². The SMILES string of the molecule is COc1ccccc1OCCCN(CC(C)C)CC(C)C. The highest BCUT2D eigenvalue weighted by Crippen LogP contribution is 2.25. The Morgan fingerprint density at radius 3 is 2.05 bits per heavy atom. The van der Waals surface area contributed by atoms with Gasteiger partial charge in [-0.25, -0.2) is 0 Å². The van der Waals surface area contributed by atoms with Crippen LogP contribution in [0.4, 0.5) is 0 Å². The maximum atomic E-state index is 5.84. The van der Waals surface area contributed by atoms with Crippen LogP contribution in [0.25, 0.3) is 0 Å². The molecule has 0 radical (unpaired) electrons. The predicted molar refractivity (Wildman–Crippen MR) is 89.2 cm³/mol. The highest BCUT2D eigenvalue weighted by atomic mass is 16.5. The molecule has 3 heteroatoms. The van der Waals surface area contributed by atoms with Crippen LogP contribution in [0.5, 0.6) is 11.5 Å². The molecule has 0 N–H and O–H groups in total. The Kier molecular flexibility index (Phi) is 8.21. The minimum Gasteiger partial charge on any atom is -0.493 e. The number of hydrogen-bond acceptors (Lipinski definition) is 3. The standard InChI is InChI=1S/C18H31NO2/c1-15(2)13-19(14-16(3)4)11-8-12-21-18-10-7-6-9-17(18)20-5/h6-7,9-10,15-16H,8,11-14H2,1-5H3. The van der Waals surface area contributed by atoms with E-state index in [4.69, 9.17) is 9.47 Å². The molecule has 0 aliphatic rings. The summed E-state index contributed by atoms with van der Waals surface area (Å²) in [6.45, 7) is 13.2. The van der Waals surface area contributed by atoms with Gasteiger partial charge in [0.05, 0.1) is 13.7 Å². The van der Waals surface area contributed by atoms with Crippen molar-refractivity contribution in [2.24, 2.45) is 11.8 Å². The van der Waals surface area contributed by atoms with E-state index in [2.05, 4.69) is 32.6 Å². The number of ether oxygens (including phenoxy) is 2. The Balaban J connectivity index is 2.36. The van der Waals surface area contributed by atoms with E-state index in [1.54, 1.807) is 7.11 Å². The van der Waals surface area contributed by atoms with Crippen molar-refractivity contribution in [2.75, 3.05) is 33.4 Å². The van der Waals surface area contributed by atoms with Crippen LogP contribution in [0.3, 0.4) is 0 Å². The van der Waals surface area contributed by atoms with Crippen LogP contribution in [0.15, 0.2) is 24.3 Å². The molecule has 0 aromatic heterocycles. The zero-order chi connectivity index (χ0) is 15.7. The van der Waals surface area contributed by atoms with E-state index in [-0.39, 0.29) is 0 Å². The first-order chi connectivity index (χ1) is 10.0. The lowest BCUT2D eigenvalue weighted by Gasteiger charge is -2.26. The Morgan fingerprint density at radius 1 is 0.952 bits per heavy atom. The lowest BCUT2D eigenvalue weighted by molar-refractivity contribution is 0.196. The first-order valence-electron chi connectivity index (χ1n) is 8.01. The van der Waals surface area contributed by atoms with Gasteiger partial charge in [0, 0.05) is 19.6 Å². The van der Waals surface area contributed by atoms with Crippen LogP contribution in [0.1, 0.15) is 34.1 Å². The molecular weight excluding hydrogens is 262 g/mol. The zero-order valence-electron chi connectivity index (χ0n) is 14.3. The van der Waals surface area contributed by atoms with E-state index >= 15 is 0 Å². The van der Waals surface area contributed by atoms with E-state index in [9.17, 15) is 0 Å². The van der Waals surface area contributed by atoms with Crippen molar-refractivity contribution < 1.29 is 9.47 Å². The van der Waals surface area contributed by atoms with Crippen LogP contribution < -0.4 is 9.47 Å². The second-order valence-electron chi connectivity index (χ2n) is 6.40. The van der Waals surface area contributed by atoms with Gasteiger partial charge in [0.15, 0.2) is 11.5 Å². The molecule has 1 aromatic carbocycles. The fourth-order valence-electron chi connectivity index (χ4n) is 2.50. The van der Waals surface area contributed by atoms with Crippen molar-refractivity contribution in [1.29, 1.82) is 0 Å². The Bertz CT molecular complexity index is 381. The highest BCUT2D eigenvalue weighted by molar-refractivity contribution is 5.39. The van der Waals surface area contributed by atoms with Crippen molar-refractivity contribution in [3.05, 3.63) is 24.3 Å². The molecule has 0 aliphatic carbocycles. The Morgan fingerprint density at radius 2 is 1.52 bits per heavy atom. The molecule has 0 saturated carbocycles. The van der Waals surface area contributed by atoms with Gasteiger partial charge in [-0.3, -0.25) is 0 Å². The number of rotatable bonds is 10. The molecule has 0 saturated heterocycles. The molecule has 0 unspecified atom stereocenters. The van der Waals surface area contributed by atoms with Crippen LogP contribution in [-0.4, -0.2) is 38.3 Å². The summed E-state index contributed by atoms with van der Waals surface area (Å²) in [6.07, 6.45) is 1.04. The molecule has 1 aromatic rings. The maximum absolute atomic E-state index is 5.84. The van der Waals surface area contributed by atoms with Gasteiger partial charge in [0.2, 0.25) is 0 Å². The quantitative estimate of drug-likeness (QED) is 0.607. The summed E-state index contributed by atoms with van der Waals surface area (Å²) in [5.74, 6) is 3.05. The normalized spacial score (nSPS) is 11.4. The van der Waals surface area contributed by atoms with Crippen LogP contribution in [0, 0.1) is 11.8 Å². The van der Waals surface area contributed by atoms with Gasteiger partial charge in [0.1, 0.15) is 0 Å². The monoisotopic (exact) mass is 293 g/mol. The van der Waals surface area contributed by atoms with E-state index < -0.39 is 0 Å². The number of hydrogen-bond donors (Lipinski definition) is 0. The average molecular weight is 293 g/mol. The van der Waals surface area contributed by atoms with Crippen LogP contribution in [-0.2, 0) is 0 Å². The molecule has 1 rings (SSSR count). The molecule has 0 atom stereocenters. The molecule has 0 amide bonds. The van der Waals surface area contributed by atoms with Gasteiger partial charge in [-0.05, 0) is 30.4 Å². The smallest absolute Gasteiger partial charge is 0.161 e. The molecule has 120 valence electrons. The number of benzene rings is 1. The lowest BCUT2D eigenvalue weighted by atomic mass is 10.1. The van der Waals surface area contributed by atoms with Gasteiger partial charge < -0.3 is 14.4 Å². The molecule has 3 nitrogen and oxygen atoms in total. The number of para-hydroxylation sites is 2. The second kappa shape index (κ2) is 9.67. The average Bonchev–Trinajstić information content (AvgIpc) is 2.42. The fourth-order valence-corrected chi connectivity index (χ4v) is 2.50. The summed E-state index contributed by atoms with van der Waals surface area (Å²) < 4.78 is 11.1. The minimum absolute atomic E-state index is 0.707. The molecule has 21 heavy (non-hydrogen) atoms. The van der Waals surface area contributed by atoms with E-state index in [1.165, 1.54) is 0 Å². The maximum Gasteiger partial charge on any atom is 0.161 e. The van der Waals surface area contributed by atoms with Crippen molar-refractivity contribution in [3.63, 3.8) is 0 Å². The van der Waals surface area contributed by atoms with Gasteiger partial charge in [-0.2, -0.15) is 0 Å². The van der Waals surface area contributed by atoms with Crippen molar-refractivity contribution in [3.8, 4) is 11.5 Å². The first-order valence-corrected chi connectivity index (χ1v) is 8.01. The third-order valence-electron chi connectivity index (χ3n) is 3.19. The molecule has 0 aliphatic heterocycles. The highest BCUT2D eigenvalue weighted by Gasteiger charge is 2.09. The summed E-state index contributed by atoms with van der Waals surface area (Å²) in [5.41, 5.74) is 0. The minimum atomic E-state index is 0.707. The Labute approximate surface area is 130 Å². The Hall–Kier alpha value is -1.22. The van der Waals surface area contributed by atoms with E-state index in [0.717, 1.165) is 44.2 Å². The van der Waals surface area contributed by atoms with Gasteiger partial charge in [-0.1, -0.05) is 39.8 Å². The van der Waals surface area contributed by atoms with Crippen molar-refractivity contribution >= 4 is 0 Å². The summed E-state index contributed by atoms with van der Waals surface area (Å²) in [7, 11) is 1.68. The summed E-state index contributed by atoms with van der Waals surface area (Å²) in [5, 5.41) is 0. The number of nitrogens with zero attached hydrogens (tertiary/aromatic N) is 1. The summed E-state index contributed by atoms with van der Waals surface area (Å²) >= 11 is 0. The zero-order valence-corrected chi connectivity index (χ0v) is 14.3. The predicted octanol–water partition coefficient (Wildman–Crippen LogP) is 4.08. The van der Waals surface area contributed by atoms with Gasteiger partial charge in [0.25, 0.3) is 0 Å². The molecule has 0 bridgehead atoms. The lowest BCUT2D eigenvalue weighted by Crippen LogP contribution is -2.33. The molecule has 0 spiro atoms. The summed E-state index contributed by atoms with van der Waals surface area (Å²) in [4.78, 5) is 2.54. The third-order valence-corrected chi connectivity index (χ3v) is 3.19. The van der Waals surface area contributed by atoms with E-state index in [1.807, 2.05) is 24.3 Å². The van der Waals surface area contributed by atoms with Crippen molar-refractivity contribution in [1.82, 2.24) is 4.90 Å². The largest absolute Gasteiger partial charge is 0.493 e. The number of methoxy groups -OCH3 is 1. The fraction of sp³-hybridized carbons (Fsp3) is 0.667.